The van der Waals surface area contributed by atoms with Gasteiger partial charge in [0.2, 0.25) is 0 Å². The van der Waals surface area contributed by atoms with Gasteiger partial charge < -0.3 is 5.32 Å². The van der Waals surface area contributed by atoms with E-state index in [1.54, 1.807) is 0 Å². The Kier molecular flexibility index (Phi) is 3.73. The zero-order valence-corrected chi connectivity index (χ0v) is 11.8. The number of hydrogen-bond acceptors (Lipinski definition) is 2. The summed E-state index contributed by atoms with van der Waals surface area (Å²) >= 11 is 3.39. The highest BCUT2D eigenvalue weighted by molar-refractivity contribution is 9.10. The molecule has 2 nitrogen and oxygen atoms in total. The first-order valence-corrected chi connectivity index (χ1v) is 6.87. The van der Waals surface area contributed by atoms with Gasteiger partial charge >= 0.3 is 0 Å². The minimum atomic E-state index is 0.498. The first-order chi connectivity index (χ1) is 8.11. The van der Waals surface area contributed by atoms with Crippen molar-refractivity contribution in [3.05, 3.63) is 28.2 Å². The van der Waals surface area contributed by atoms with Crippen molar-refractivity contribution in [3.8, 4) is 6.07 Å². The zero-order chi connectivity index (χ0) is 12.4. The molecule has 17 heavy (non-hydrogen) atoms. The smallest absolute Gasteiger partial charge is 0.101 e. The van der Waals surface area contributed by atoms with Gasteiger partial charge in [0.15, 0.2) is 0 Å². The van der Waals surface area contributed by atoms with Crippen LogP contribution in [0.5, 0.6) is 0 Å². The van der Waals surface area contributed by atoms with Crippen LogP contribution in [0.2, 0.25) is 0 Å². The van der Waals surface area contributed by atoms with E-state index in [2.05, 4.69) is 41.2 Å². The van der Waals surface area contributed by atoms with Gasteiger partial charge in [-0.15, -0.1) is 0 Å². The number of nitriles is 1. The lowest BCUT2D eigenvalue weighted by Gasteiger charge is -2.21. The van der Waals surface area contributed by atoms with Gasteiger partial charge in [0, 0.05) is 10.5 Å². The van der Waals surface area contributed by atoms with E-state index in [-0.39, 0.29) is 0 Å². The molecule has 1 N–H and O–H groups in total. The van der Waals surface area contributed by atoms with Crippen molar-refractivity contribution in [2.45, 2.75) is 32.7 Å². The topological polar surface area (TPSA) is 35.8 Å². The van der Waals surface area contributed by atoms with Crippen molar-refractivity contribution in [2.24, 2.45) is 11.8 Å². The summed E-state index contributed by atoms with van der Waals surface area (Å²) in [6.07, 6.45) is 2.47. The molecule has 3 unspecified atom stereocenters. The molecule has 0 saturated heterocycles. The predicted molar refractivity (Wildman–Crippen MR) is 73.8 cm³/mol. The second-order valence-electron chi connectivity index (χ2n) is 4.97. The quantitative estimate of drug-likeness (QED) is 0.888. The lowest BCUT2D eigenvalue weighted by Crippen LogP contribution is -2.24. The molecule has 2 rings (SSSR count). The van der Waals surface area contributed by atoms with E-state index in [0.717, 1.165) is 16.1 Å². The van der Waals surface area contributed by atoms with E-state index >= 15 is 0 Å². The van der Waals surface area contributed by atoms with Crippen LogP contribution in [-0.2, 0) is 0 Å². The molecule has 0 bridgehead atoms. The molecule has 1 aromatic carbocycles. The van der Waals surface area contributed by atoms with Gasteiger partial charge in [-0.3, -0.25) is 0 Å². The maximum atomic E-state index is 9.12. The Morgan fingerprint density at radius 3 is 2.71 bits per heavy atom. The SMILES string of the molecule is CC1CCC(Nc2ccc(Br)cc2C#N)C1C. The largest absolute Gasteiger partial charge is 0.381 e. The summed E-state index contributed by atoms with van der Waals surface area (Å²) in [6.45, 7) is 4.60. The molecule has 0 aliphatic heterocycles. The maximum Gasteiger partial charge on any atom is 0.101 e. The van der Waals surface area contributed by atoms with Crippen LogP contribution >= 0.6 is 15.9 Å². The maximum absolute atomic E-state index is 9.12. The summed E-state index contributed by atoms with van der Waals surface area (Å²) in [7, 11) is 0. The van der Waals surface area contributed by atoms with Crippen LogP contribution < -0.4 is 5.32 Å². The third-order valence-electron chi connectivity index (χ3n) is 3.91. The highest BCUT2D eigenvalue weighted by atomic mass is 79.9. The van der Waals surface area contributed by atoms with E-state index in [9.17, 15) is 0 Å². The second kappa shape index (κ2) is 5.10. The highest BCUT2D eigenvalue weighted by Gasteiger charge is 2.29. The van der Waals surface area contributed by atoms with E-state index in [4.69, 9.17) is 5.26 Å². The van der Waals surface area contributed by atoms with Crippen LogP contribution in [0.4, 0.5) is 5.69 Å². The van der Waals surface area contributed by atoms with Gasteiger partial charge in [-0.25, -0.2) is 0 Å². The second-order valence-corrected chi connectivity index (χ2v) is 5.88. The molecule has 3 heteroatoms. The molecular weight excluding hydrogens is 276 g/mol. The van der Waals surface area contributed by atoms with Crippen LogP contribution in [0, 0.1) is 23.2 Å². The van der Waals surface area contributed by atoms with Crippen LogP contribution in [0.15, 0.2) is 22.7 Å². The van der Waals surface area contributed by atoms with Gasteiger partial charge in [0.1, 0.15) is 6.07 Å². The van der Waals surface area contributed by atoms with Gasteiger partial charge in [-0.05, 0) is 42.9 Å². The molecule has 0 radical (unpaired) electrons. The van der Waals surface area contributed by atoms with Crippen LogP contribution in [0.25, 0.3) is 0 Å². The summed E-state index contributed by atoms with van der Waals surface area (Å²) in [4.78, 5) is 0. The van der Waals surface area contributed by atoms with Crippen molar-refractivity contribution < 1.29 is 0 Å². The molecule has 1 aliphatic carbocycles. The van der Waals surface area contributed by atoms with Crippen molar-refractivity contribution in [1.29, 1.82) is 5.26 Å². The number of benzene rings is 1. The minimum absolute atomic E-state index is 0.498. The normalized spacial score (nSPS) is 27.8. The fraction of sp³-hybridized carbons (Fsp3) is 0.500. The van der Waals surface area contributed by atoms with Gasteiger partial charge in [0.25, 0.3) is 0 Å². The Balaban J connectivity index is 2.17. The minimum Gasteiger partial charge on any atom is -0.381 e. The number of rotatable bonds is 2. The van der Waals surface area contributed by atoms with Crippen LogP contribution in [-0.4, -0.2) is 6.04 Å². The highest BCUT2D eigenvalue weighted by Crippen LogP contribution is 2.34. The molecule has 0 heterocycles. The molecule has 1 saturated carbocycles. The molecular formula is C14H17BrN2. The van der Waals surface area contributed by atoms with Gasteiger partial charge in [-0.2, -0.15) is 5.26 Å². The fourth-order valence-electron chi connectivity index (χ4n) is 2.50. The van der Waals surface area contributed by atoms with E-state index < -0.39 is 0 Å². The number of nitrogens with one attached hydrogen (secondary N) is 1. The fourth-order valence-corrected chi connectivity index (χ4v) is 2.86. The Hall–Kier alpha value is -1.01. The lowest BCUT2D eigenvalue weighted by atomic mass is 9.97. The molecule has 1 fully saturated rings. The molecule has 0 aromatic heterocycles. The van der Waals surface area contributed by atoms with Gasteiger partial charge in [-0.1, -0.05) is 29.8 Å². The molecule has 90 valence electrons. The van der Waals surface area contributed by atoms with E-state index in [1.807, 2.05) is 18.2 Å². The summed E-state index contributed by atoms with van der Waals surface area (Å²) in [5.74, 6) is 1.44. The molecule has 1 aromatic rings. The van der Waals surface area contributed by atoms with Crippen molar-refractivity contribution >= 4 is 21.6 Å². The van der Waals surface area contributed by atoms with E-state index in [0.29, 0.717) is 17.5 Å². The summed E-state index contributed by atoms with van der Waals surface area (Å²) in [5, 5.41) is 12.6. The molecule has 0 spiro atoms. The average molecular weight is 293 g/mol. The number of anilines is 1. The first kappa shape index (κ1) is 12.4. The third kappa shape index (κ3) is 2.63. The van der Waals surface area contributed by atoms with Crippen molar-refractivity contribution in [3.63, 3.8) is 0 Å². The Bertz CT molecular complexity index is 450. The summed E-state index contributed by atoms with van der Waals surface area (Å²) < 4.78 is 0.951. The van der Waals surface area contributed by atoms with Crippen LogP contribution in [0.1, 0.15) is 32.3 Å². The first-order valence-electron chi connectivity index (χ1n) is 6.08. The van der Waals surface area contributed by atoms with Crippen molar-refractivity contribution in [2.75, 3.05) is 5.32 Å². The average Bonchev–Trinajstić information content (AvgIpc) is 2.63. The number of halogens is 1. The lowest BCUT2D eigenvalue weighted by molar-refractivity contribution is 0.435. The summed E-state index contributed by atoms with van der Waals surface area (Å²) in [6, 6.07) is 8.57. The number of nitrogens with zero attached hydrogens (tertiary/aromatic N) is 1. The number of hydrogen-bond donors (Lipinski definition) is 1. The Morgan fingerprint density at radius 2 is 2.12 bits per heavy atom. The standard InChI is InChI=1S/C14H17BrN2/c1-9-3-5-13(10(9)2)17-14-6-4-12(15)7-11(14)8-16/h4,6-7,9-10,13,17H,3,5H2,1-2H3. The third-order valence-corrected chi connectivity index (χ3v) is 4.40. The molecule has 3 atom stereocenters. The van der Waals surface area contributed by atoms with Crippen molar-refractivity contribution in [1.82, 2.24) is 0 Å². The summed E-state index contributed by atoms with van der Waals surface area (Å²) in [5.41, 5.74) is 1.67. The Labute approximate surface area is 111 Å². The molecule has 1 aliphatic rings. The zero-order valence-electron chi connectivity index (χ0n) is 10.2. The Morgan fingerprint density at radius 1 is 1.35 bits per heavy atom. The van der Waals surface area contributed by atoms with E-state index in [1.165, 1.54) is 12.8 Å². The predicted octanol–water partition coefficient (Wildman–Crippen LogP) is 4.17. The monoisotopic (exact) mass is 292 g/mol. The van der Waals surface area contributed by atoms with Crippen LogP contribution in [0.3, 0.4) is 0 Å². The molecule has 0 amide bonds. The van der Waals surface area contributed by atoms with Gasteiger partial charge in [0.05, 0.1) is 11.3 Å².